The Balaban J connectivity index is 1.59. The molecule has 7 heteroatoms. The van der Waals surface area contributed by atoms with Gasteiger partial charge in [0.15, 0.2) is 6.61 Å². The summed E-state index contributed by atoms with van der Waals surface area (Å²) in [6.45, 7) is -0.148. The lowest BCUT2D eigenvalue weighted by Gasteiger charge is -2.04. The summed E-state index contributed by atoms with van der Waals surface area (Å²) in [7, 11) is 0. The van der Waals surface area contributed by atoms with Crippen molar-refractivity contribution < 1.29 is 14.1 Å². The average Bonchev–Trinajstić information content (AvgIpc) is 3.02. The molecule has 0 aliphatic rings. The van der Waals surface area contributed by atoms with Crippen LogP contribution in [0.3, 0.4) is 0 Å². The number of anilines is 1. The van der Waals surface area contributed by atoms with E-state index in [4.69, 9.17) is 20.9 Å². The van der Waals surface area contributed by atoms with Crippen LogP contribution in [0.15, 0.2) is 59.1 Å². The molecule has 0 bridgehead atoms. The number of para-hydroxylation sites is 1. The maximum absolute atomic E-state index is 11.8. The number of rotatable bonds is 5. The minimum absolute atomic E-state index is 0.0710. The summed E-state index contributed by atoms with van der Waals surface area (Å²) in [5, 5.41) is 6.76. The first-order chi connectivity index (χ1) is 11.2. The van der Waals surface area contributed by atoms with Gasteiger partial charge in [0.05, 0.1) is 0 Å². The number of hydrogen-bond donors (Lipinski definition) is 1. The Kier molecular flexibility index (Phi) is 4.54. The molecule has 23 heavy (non-hydrogen) atoms. The number of benzene rings is 2. The zero-order valence-corrected chi connectivity index (χ0v) is 12.7. The van der Waals surface area contributed by atoms with Crippen LogP contribution in [0.2, 0.25) is 5.02 Å². The number of ether oxygens (including phenoxy) is 1. The normalized spacial score (nSPS) is 10.3. The van der Waals surface area contributed by atoms with Crippen molar-refractivity contribution in [1.29, 1.82) is 0 Å². The number of amides is 1. The molecule has 6 nitrogen and oxygen atoms in total. The van der Waals surface area contributed by atoms with Crippen LogP contribution in [0.4, 0.5) is 5.95 Å². The van der Waals surface area contributed by atoms with E-state index in [2.05, 4.69) is 15.5 Å². The first-order valence-corrected chi connectivity index (χ1v) is 7.16. The van der Waals surface area contributed by atoms with E-state index in [1.165, 1.54) is 0 Å². The minimum atomic E-state index is -0.382. The van der Waals surface area contributed by atoms with Gasteiger partial charge in [0, 0.05) is 10.6 Å². The van der Waals surface area contributed by atoms with Gasteiger partial charge in [-0.1, -0.05) is 35.9 Å². The predicted octanol–water partition coefficient (Wildman–Crippen LogP) is 3.41. The molecule has 0 aliphatic carbocycles. The van der Waals surface area contributed by atoms with Crippen LogP contribution in [0, 0.1) is 0 Å². The van der Waals surface area contributed by atoms with E-state index in [1.54, 1.807) is 36.4 Å². The highest BCUT2D eigenvalue weighted by Crippen LogP contribution is 2.21. The summed E-state index contributed by atoms with van der Waals surface area (Å²) in [4.78, 5) is 15.9. The lowest BCUT2D eigenvalue weighted by Crippen LogP contribution is -2.20. The molecule has 0 radical (unpaired) electrons. The second kappa shape index (κ2) is 6.93. The fourth-order valence-electron chi connectivity index (χ4n) is 1.84. The molecule has 0 unspecified atom stereocenters. The van der Waals surface area contributed by atoms with Crippen LogP contribution in [0.5, 0.6) is 5.75 Å². The summed E-state index contributed by atoms with van der Waals surface area (Å²) >= 11 is 5.91. The number of aromatic nitrogens is 2. The molecule has 1 N–H and O–H groups in total. The first kappa shape index (κ1) is 15.1. The summed E-state index contributed by atoms with van der Waals surface area (Å²) in [6, 6.07) is 16.0. The fourth-order valence-corrected chi connectivity index (χ4v) is 2.03. The van der Waals surface area contributed by atoms with E-state index in [0.29, 0.717) is 16.3 Å². The maximum atomic E-state index is 11.8. The second-order valence-electron chi connectivity index (χ2n) is 4.58. The van der Waals surface area contributed by atoms with E-state index in [-0.39, 0.29) is 24.4 Å². The lowest BCUT2D eigenvalue weighted by atomic mass is 10.2. The Morgan fingerprint density at radius 2 is 2.00 bits per heavy atom. The number of hydrogen-bond acceptors (Lipinski definition) is 5. The molecule has 116 valence electrons. The highest BCUT2D eigenvalue weighted by Gasteiger charge is 2.12. The largest absolute Gasteiger partial charge is 0.484 e. The van der Waals surface area contributed by atoms with E-state index in [9.17, 15) is 4.79 Å². The van der Waals surface area contributed by atoms with Gasteiger partial charge in [-0.25, -0.2) is 0 Å². The lowest BCUT2D eigenvalue weighted by molar-refractivity contribution is -0.118. The number of nitrogens with zero attached hydrogens (tertiary/aromatic N) is 2. The van der Waals surface area contributed by atoms with Crippen molar-refractivity contribution in [3.05, 3.63) is 59.6 Å². The van der Waals surface area contributed by atoms with Crippen molar-refractivity contribution in [3.63, 3.8) is 0 Å². The van der Waals surface area contributed by atoms with E-state index < -0.39 is 0 Å². The molecule has 0 spiro atoms. The summed E-state index contributed by atoms with van der Waals surface area (Å²) in [5.74, 6) is 0.566. The second-order valence-corrected chi connectivity index (χ2v) is 5.02. The zero-order valence-electron chi connectivity index (χ0n) is 11.9. The molecular weight excluding hydrogens is 318 g/mol. The van der Waals surface area contributed by atoms with Crippen molar-refractivity contribution in [3.8, 4) is 17.2 Å². The molecular formula is C16H12ClN3O3. The number of nitrogens with one attached hydrogen (secondary N) is 1. The average molecular weight is 330 g/mol. The van der Waals surface area contributed by atoms with Crippen molar-refractivity contribution in [2.75, 3.05) is 11.9 Å². The summed E-state index contributed by atoms with van der Waals surface area (Å²) in [6.07, 6.45) is 0. The van der Waals surface area contributed by atoms with E-state index in [0.717, 1.165) is 0 Å². The van der Waals surface area contributed by atoms with Crippen molar-refractivity contribution in [2.24, 2.45) is 0 Å². The van der Waals surface area contributed by atoms with E-state index in [1.807, 2.05) is 18.2 Å². The predicted molar refractivity (Wildman–Crippen MR) is 85.3 cm³/mol. The Hall–Kier alpha value is -2.86. The molecule has 1 aromatic heterocycles. The third-order valence-corrected chi connectivity index (χ3v) is 3.10. The molecule has 0 aliphatic heterocycles. The molecule has 0 atom stereocenters. The van der Waals surface area contributed by atoms with Crippen molar-refractivity contribution >= 4 is 23.5 Å². The van der Waals surface area contributed by atoms with Gasteiger partial charge in [0.1, 0.15) is 5.75 Å². The van der Waals surface area contributed by atoms with Gasteiger partial charge in [0.25, 0.3) is 17.7 Å². The SMILES string of the molecule is O=C(COc1ccccc1)Nc1noc(-c2cccc(Cl)c2)n1. The van der Waals surface area contributed by atoms with Crippen LogP contribution in [-0.4, -0.2) is 22.7 Å². The Morgan fingerprint density at radius 3 is 2.78 bits per heavy atom. The fraction of sp³-hybridized carbons (Fsp3) is 0.0625. The number of carbonyl (C=O) groups excluding carboxylic acids is 1. The minimum Gasteiger partial charge on any atom is -0.484 e. The molecule has 1 amide bonds. The van der Waals surface area contributed by atoms with Crippen LogP contribution >= 0.6 is 11.6 Å². The van der Waals surface area contributed by atoms with Gasteiger partial charge in [-0.15, -0.1) is 0 Å². The van der Waals surface area contributed by atoms with Crippen LogP contribution in [0.1, 0.15) is 0 Å². The van der Waals surface area contributed by atoms with Crippen LogP contribution < -0.4 is 10.1 Å². The van der Waals surface area contributed by atoms with Gasteiger partial charge in [-0.05, 0) is 35.5 Å². The maximum Gasteiger partial charge on any atom is 0.270 e. The van der Waals surface area contributed by atoms with Gasteiger partial charge in [-0.3, -0.25) is 10.1 Å². The Morgan fingerprint density at radius 1 is 1.17 bits per heavy atom. The monoisotopic (exact) mass is 329 g/mol. The third kappa shape index (κ3) is 4.08. The first-order valence-electron chi connectivity index (χ1n) is 6.78. The molecule has 0 saturated heterocycles. The molecule has 3 rings (SSSR count). The van der Waals surface area contributed by atoms with Gasteiger partial charge in [0.2, 0.25) is 0 Å². The van der Waals surface area contributed by atoms with Crippen LogP contribution in [0.25, 0.3) is 11.5 Å². The summed E-state index contributed by atoms with van der Waals surface area (Å²) in [5.41, 5.74) is 0.672. The molecule has 3 aromatic rings. The van der Waals surface area contributed by atoms with Gasteiger partial charge in [-0.2, -0.15) is 4.98 Å². The standard InChI is InChI=1S/C16H12ClN3O3/c17-12-6-4-5-11(9-12)15-19-16(20-23-15)18-14(21)10-22-13-7-2-1-3-8-13/h1-9H,10H2,(H,18,20,21). The molecule has 1 heterocycles. The number of carbonyl (C=O) groups is 1. The summed E-state index contributed by atoms with van der Waals surface area (Å²) < 4.78 is 10.4. The topological polar surface area (TPSA) is 77.2 Å². The smallest absolute Gasteiger partial charge is 0.270 e. The van der Waals surface area contributed by atoms with Crippen LogP contribution in [-0.2, 0) is 4.79 Å². The van der Waals surface area contributed by atoms with E-state index >= 15 is 0 Å². The Bertz CT molecular complexity index is 805. The highest BCUT2D eigenvalue weighted by molar-refractivity contribution is 6.30. The van der Waals surface area contributed by atoms with Gasteiger partial charge < -0.3 is 9.26 Å². The highest BCUT2D eigenvalue weighted by atomic mass is 35.5. The molecule has 2 aromatic carbocycles. The van der Waals surface area contributed by atoms with Gasteiger partial charge >= 0.3 is 0 Å². The third-order valence-electron chi connectivity index (χ3n) is 2.86. The zero-order chi connectivity index (χ0) is 16.1. The molecule has 0 saturated carbocycles. The van der Waals surface area contributed by atoms with Crippen molar-refractivity contribution in [1.82, 2.24) is 10.1 Å². The Labute approximate surface area is 137 Å². The van der Waals surface area contributed by atoms with Crippen molar-refractivity contribution in [2.45, 2.75) is 0 Å². The quantitative estimate of drug-likeness (QED) is 0.776. The molecule has 0 fully saturated rings. The number of halogens is 1.